The fourth-order valence-electron chi connectivity index (χ4n) is 2.18. The summed E-state index contributed by atoms with van der Waals surface area (Å²) >= 11 is 5.75. The number of nitrogens with zero attached hydrogens (tertiary/aromatic N) is 5. The van der Waals surface area contributed by atoms with Crippen LogP contribution >= 0.6 is 11.6 Å². The topological polar surface area (TPSA) is 78.9 Å². The lowest BCUT2D eigenvalue weighted by Crippen LogP contribution is -2.04. The van der Waals surface area contributed by atoms with Gasteiger partial charge >= 0.3 is 0 Å². The van der Waals surface area contributed by atoms with Crippen molar-refractivity contribution >= 4 is 11.6 Å². The first kappa shape index (κ1) is 15.5. The third-order valence-electron chi connectivity index (χ3n) is 3.28. The van der Waals surface area contributed by atoms with Gasteiger partial charge in [-0.3, -0.25) is 4.68 Å². The summed E-state index contributed by atoms with van der Waals surface area (Å²) in [6, 6.07) is 5.39. The van der Waals surface area contributed by atoms with Crippen molar-refractivity contribution in [3.8, 4) is 5.75 Å². The Morgan fingerprint density at radius 1 is 1.39 bits per heavy atom. The van der Waals surface area contributed by atoms with Crippen molar-refractivity contribution in [1.82, 2.24) is 24.9 Å². The summed E-state index contributed by atoms with van der Waals surface area (Å²) in [5.41, 5.74) is 1.98. The largest absolute Gasteiger partial charge is 0.479 e. The van der Waals surface area contributed by atoms with Crippen LogP contribution in [-0.4, -0.2) is 24.9 Å². The number of pyridine rings is 1. The Labute approximate surface area is 138 Å². The van der Waals surface area contributed by atoms with Crippen LogP contribution in [0.1, 0.15) is 36.1 Å². The van der Waals surface area contributed by atoms with Gasteiger partial charge in [0.15, 0.2) is 11.9 Å². The predicted molar refractivity (Wildman–Crippen MR) is 83.3 cm³/mol. The van der Waals surface area contributed by atoms with Crippen molar-refractivity contribution < 1.29 is 9.26 Å². The first-order valence-electron chi connectivity index (χ1n) is 7.11. The van der Waals surface area contributed by atoms with Gasteiger partial charge in [-0.25, -0.2) is 4.98 Å². The van der Waals surface area contributed by atoms with Crippen LogP contribution in [0.3, 0.4) is 0 Å². The maximum absolute atomic E-state index is 5.75. The standard InChI is InChI=1S/C15H16ClN5O2/c1-9-6-11(21(3)19-9)7-14-18-15(23-20-14)10(2)22-12-4-5-13(16)17-8-12/h4-6,8,10H,7H2,1-3H3/t10-/m0/s1. The molecule has 0 amide bonds. The minimum absolute atomic E-state index is 0.382. The molecule has 3 aromatic rings. The molecule has 0 aliphatic heterocycles. The Bertz CT molecular complexity index is 797. The third-order valence-corrected chi connectivity index (χ3v) is 3.51. The van der Waals surface area contributed by atoms with E-state index in [0.29, 0.717) is 29.0 Å². The van der Waals surface area contributed by atoms with E-state index in [1.165, 1.54) is 0 Å². The molecule has 23 heavy (non-hydrogen) atoms. The van der Waals surface area contributed by atoms with E-state index < -0.39 is 0 Å². The van der Waals surface area contributed by atoms with E-state index in [4.69, 9.17) is 20.9 Å². The Balaban J connectivity index is 1.68. The number of hydrogen-bond acceptors (Lipinski definition) is 6. The van der Waals surface area contributed by atoms with Crippen LogP contribution < -0.4 is 4.74 Å². The summed E-state index contributed by atoms with van der Waals surface area (Å²) in [5, 5.41) is 8.71. The molecule has 0 bridgehead atoms. The molecule has 0 aromatic carbocycles. The van der Waals surface area contributed by atoms with Gasteiger partial charge in [0.1, 0.15) is 10.9 Å². The quantitative estimate of drug-likeness (QED) is 0.668. The zero-order valence-corrected chi connectivity index (χ0v) is 13.8. The van der Waals surface area contributed by atoms with Gasteiger partial charge in [0, 0.05) is 12.7 Å². The van der Waals surface area contributed by atoms with E-state index in [1.807, 2.05) is 31.6 Å². The zero-order valence-electron chi connectivity index (χ0n) is 13.0. The van der Waals surface area contributed by atoms with E-state index in [9.17, 15) is 0 Å². The lowest BCUT2D eigenvalue weighted by molar-refractivity contribution is 0.175. The van der Waals surface area contributed by atoms with Gasteiger partial charge in [-0.05, 0) is 32.0 Å². The Morgan fingerprint density at radius 2 is 2.22 bits per heavy atom. The lowest BCUT2D eigenvalue weighted by Gasteiger charge is -2.09. The molecule has 7 nitrogen and oxygen atoms in total. The molecule has 0 N–H and O–H groups in total. The maximum Gasteiger partial charge on any atom is 0.267 e. The molecule has 0 saturated heterocycles. The second-order valence-corrected chi connectivity index (χ2v) is 5.59. The number of halogens is 1. The van der Waals surface area contributed by atoms with Gasteiger partial charge < -0.3 is 9.26 Å². The van der Waals surface area contributed by atoms with E-state index in [1.54, 1.807) is 18.3 Å². The van der Waals surface area contributed by atoms with Gasteiger partial charge in [0.05, 0.1) is 18.3 Å². The van der Waals surface area contributed by atoms with Crippen molar-refractivity contribution in [2.24, 2.45) is 7.05 Å². The van der Waals surface area contributed by atoms with E-state index in [-0.39, 0.29) is 6.10 Å². The molecular formula is C15H16ClN5O2. The smallest absolute Gasteiger partial charge is 0.267 e. The van der Waals surface area contributed by atoms with Crippen molar-refractivity contribution in [3.05, 3.63) is 52.7 Å². The molecule has 0 saturated carbocycles. The van der Waals surface area contributed by atoms with Crippen molar-refractivity contribution in [2.75, 3.05) is 0 Å². The Hall–Kier alpha value is -2.41. The maximum atomic E-state index is 5.75. The van der Waals surface area contributed by atoms with Gasteiger partial charge in [-0.2, -0.15) is 10.1 Å². The van der Waals surface area contributed by atoms with Crippen LogP contribution in [0.2, 0.25) is 5.15 Å². The third kappa shape index (κ3) is 3.68. The number of ether oxygens (including phenoxy) is 1. The second kappa shape index (κ2) is 6.37. The van der Waals surface area contributed by atoms with Crippen LogP contribution in [0.4, 0.5) is 0 Å². The van der Waals surface area contributed by atoms with Crippen LogP contribution in [0.15, 0.2) is 28.9 Å². The van der Waals surface area contributed by atoms with Gasteiger partial charge in [0.25, 0.3) is 5.89 Å². The molecule has 0 spiro atoms. The van der Waals surface area contributed by atoms with Gasteiger partial charge in [-0.1, -0.05) is 16.8 Å². The normalized spacial score (nSPS) is 12.3. The fourth-order valence-corrected chi connectivity index (χ4v) is 2.29. The molecule has 3 heterocycles. The molecule has 0 aliphatic carbocycles. The number of hydrogen-bond donors (Lipinski definition) is 0. The highest BCUT2D eigenvalue weighted by molar-refractivity contribution is 6.29. The van der Waals surface area contributed by atoms with Crippen molar-refractivity contribution in [2.45, 2.75) is 26.4 Å². The molecule has 1 atom stereocenters. The average Bonchev–Trinajstić information content (AvgIpc) is 3.09. The molecule has 0 fully saturated rings. The number of aryl methyl sites for hydroxylation is 2. The molecule has 3 aromatic heterocycles. The van der Waals surface area contributed by atoms with Crippen LogP contribution in [0.5, 0.6) is 5.75 Å². The fraction of sp³-hybridized carbons (Fsp3) is 0.333. The van der Waals surface area contributed by atoms with Crippen LogP contribution in [0.25, 0.3) is 0 Å². The highest BCUT2D eigenvalue weighted by Crippen LogP contribution is 2.21. The van der Waals surface area contributed by atoms with Crippen molar-refractivity contribution in [3.63, 3.8) is 0 Å². The molecule has 0 aliphatic rings. The second-order valence-electron chi connectivity index (χ2n) is 5.20. The molecule has 120 valence electrons. The summed E-state index contributed by atoms with van der Waals surface area (Å²) in [7, 11) is 1.89. The molecular weight excluding hydrogens is 318 g/mol. The van der Waals surface area contributed by atoms with Gasteiger partial charge in [-0.15, -0.1) is 0 Å². The van der Waals surface area contributed by atoms with Gasteiger partial charge in [0.2, 0.25) is 0 Å². The minimum atomic E-state index is -0.382. The monoisotopic (exact) mass is 333 g/mol. The number of aromatic nitrogens is 5. The van der Waals surface area contributed by atoms with Crippen LogP contribution in [0, 0.1) is 6.92 Å². The minimum Gasteiger partial charge on any atom is -0.479 e. The van der Waals surface area contributed by atoms with E-state index >= 15 is 0 Å². The predicted octanol–water partition coefficient (Wildman–Crippen LogP) is 2.89. The average molecular weight is 334 g/mol. The lowest BCUT2D eigenvalue weighted by atomic mass is 10.3. The first-order valence-corrected chi connectivity index (χ1v) is 7.49. The highest BCUT2D eigenvalue weighted by Gasteiger charge is 2.17. The first-order chi connectivity index (χ1) is 11.0. The number of rotatable bonds is 5. The summed E-state index contributed by atoms with van der Waals surface area (Å²) in [5.74, 6) is 1.59. The summed E-state index contributed by atoms with van der Waals surface area (Å²) in [4.78, 5) is 8.34. The SMILES string of the molecule is Cc1cc(Cc2noc([C@H](C)Oc3ccc(Cl)nc3)n2)n(C)n1. The molecule has 0 radical (unpaired) electrons. The molecule has 3 rings (SSSR count). The summed E-state index contributed by atoms with van der Waals surface area (Å²) in [6.07, 6.45) is 1.72. The Morgan fingerprint density at radius 3 is 2.87 bits per heavy atom. The zero-order chi connectivity index (χ0) is 16.4. The molecule has 0 unspecified atom stereocenters. The summed E-state index contributed by atoms with van der Waals surface area (Å²) < 4.78 is 12.8. The van der Waals surface area contributed by atoms with E-state index in [0.717, 1.165) is 11.4 Å². The highest BCUT2D eigenvalue weighted by atomic mass is 35.5. The summed E-state index contributed by atoms with van der Waals surface area (Å²) in [6.45, 7) is 3.78. The van der Waals surface area contributed by atoms with Crippen molar-refractivity contribution in [1.29, 1.82) is 0 Å². The molecule has 8 heteroatoms. The Kier molecular flexibility index (Phi) is 4.29. The van der Waals surface area contributed by atoms with E-state index in [2.05, 4.69) is 20.2 Å². The van der Waals surface area contributed by atoms with Crippen LogP contribution in [-0.2, 0) is 13.5 Å².